The van der Waals surface area contributed by atoms with Gasteiger partial charge in [-0.3, -0.25) is 9.59 Å². The summed E-state index contributed by atoms with van der Waals surface area (Å²) in [4.78, 5) is 35.6. The van der Waals surface area contributed by atoms with E-state index in [1.54, 1.807) is 13.0 Å². The van der Waals surface area contributed by atoms with Crippen LogP contribution in [-0.4, -0.2) is 38.4 Å². The van der Waals surface area contributed by atoms with E-state index in [0.717, 1.165) is 41.2 Å². The number of amides is 1. The molecule has 0 aliphatic carbocycles. The lowest BCUT2D eigenvalue weighted by atomic mass is 9.82. The molecule has 0 aromatic carbocycles. The quantitative estimate of drug-likeness (QED) is 0.789. The Balaban J connectivity index is 1.83. The lowest BCUT2D eigenvalue weighted by Gasteiger charge is -2.42. The van der Waals surface area contributed by atoms with Crippen LogP contribution in [0.3, 0.4) is 0 Å². The third-order valence-electron chi connectivity index (χ3n) is 5.78. The van der Waals surface area contributed by atoms with Gasteiger partial charge in [0.05, 0.1) is 5.69 Å². The van der Waals surface area contributed by atoms with E-state index in [4.69, 9.17) is 0 Å². The SMILES string of the molecule is CC(=O)N1C[C@@H]2C[C@H](C1)c1cc(-c3nc(C)nc(C)c3C)cc(=O)n1C2. The van der Waals surface area contributed by atoms with E-state index in [0.29, 0.717) is 24.8 Å². The molecule has 6 nitrogen and oxygen atoms in total. The van der Waals surface area contributed by atoms with Crippen molar-refractivity contribution in [2.45, 2.75) is 46.6 Å². The second kappa shape index (κ2) is 6.04. The van der Waals surface area contributed by atoms with Crippen molar-refractivity contribution < 1.29 is 4.79 Å². The molecule has 2 bridgehead atoms. The summed E-state index contributed by atoms with van der Waals surface area (Å²) in [5.74, 6) is 1.40. The number of pyridine rings is 1. The number of rotatable bonds is 1. The first-order valence-corrected chi connectivity index (χ1v) is 9.16. The number of likely N-dealkylation sites (tertiary alicyclic amines) is 1. The Bertz CT molecular complexity index is 963. The average molecular weight is 352 g/mol. The summed E-state index contributed by atoms with van der Waals surface area (Å²) in [6.07, 6.45) is 1.04. The average Bonchev–Trinajstić information content (AvgIpc) is 2.58. The Kier molecular flexibility index (Phi) is 3.93. The maximum Gasteiger partial charge on any atom is 0.251 e. The smallest absolute Gasteiger partial charge is 0.251 e. The number of fused-ring (bicyclic) bond motifs is 4. The molecule has 0 unspecified atom stereocenters. The minimum absolute atomic E-state index is 0.0248. The fourth-order valence-corrected chi connectivity index (χ4v) is 4.40. The van der Waals surface area contributed by atoms with Crippen LogP contribution in [0, 0.1) is 26.7 Å². The minimum atomic E-state index is 0.0248. The molecule has 136 valence electrons. The molecule has 4 rings (SSSR count). The largest absolute Gasteiger partial charge is 0.342 e. The minimum Gasteiger partial charge on any atom is -0.342 e. The summed E-state index contributed by atoms with van der Waals surface area (Å²) in [6, 6.07) is 3.79. The van der Waals surface area contributed by atoms with Crippen molar-refractivity contribution in [1.82, 2.24) is 19.4 Å². The molecular weight excluding hydrogens is 328 g/mol. The number of hydrogen-bond donors (Lipinski definition) is 0. The highest BCUT2D eigenvalue weighted by Gasteiger charge is 2.35. The second-order valence-electron chi connectivity index (χ2n) is 7.67. The molecule has 2 aliphatic heterocycles. The summed E-state index contributed by atoms with van der Waals surface area (Å²) in [6.45, 7) is 9.59. The van der Waals surface area contributed by atoms with Gasteiger partial charge in [-0.2, -0.15) is 0 Å². The van der Waals surface area contributed by atoms with Gasteiger partial charge in [-0.05, 0) is 44.7 Å². The van der Waals surface area contributed by atoms with Crippen LogP contribution < -0.4 is 5.56 Å². The summed E-state index contributed by atoms with van der Waals surface area (Å²) < 4.78 is 1.90. The number of aromatic nitrogens is 3. The molecule has 1 amide bonds. The molecule has 2 aromatic heterocycles. The maximum atomic E-state index is 12.8. The standard InChI is InChI=1S/C20H24N4O2/c1-11-12(2)21-13(3)22-20(11)16-6-18-17-5-15(8-23(10-17)14(4)25)9-24(18)19(26)7-16/h6-7,15,17H,5,8-10H2,1-4H3/t15-,17+/m0/s1. The van der Waals surface area contributed by atoms with Crippen LogP contribution in [0.5, 0.6) is 0 Å². The number of carbonyl (C=O) groups is 1. The van der Waals surface area contributed by atoms with Gasteiger partial charge in [0.15, 0.2) is 0 Å². The summed E-state index contributed by atoms with van der Waals surface area (Å²) in [5.41, 5.74) is 4.68. The lowest BCUT2D eigenvalue weighted by molar-refractivity contribution is -0.131. The van der Waals surface area contributed by atoms with E-state index in [1.807, 2.05) is 30.2 Å². The molecule has 2 aromatic rings. The predicted molar refractivity (Wildman–Crippen MR) is 99.0 cm³/mol. The van der Waals surface area contributed by atoms with Crippen LogP contribution in [-0.2, 0) is 11.3 Å². The van der Waals surface area contributed by atoms with Crippen molar-refractivity contribution in [1.29, 1.82) is 0 Å². The van der Waals surface area contributed by atoms with Gasteiger partial charge in [-0.15, -0.1) is 0 Å². The van der Waals surface area contributed by atoms with Crippen molar-refractivity contribution in [3.8, 4) is 11.3 Å². The Morgan fingerprint density at radius 3 is 2.62 bits per heavy atom. The summed E-state index contributed by atoms with van der Waals surface area (Å²) >= 11 is 0. The molecule has 1 fully saturated rings. The molecule has 0 saturated carbocycles. The molecule has 2 atom stereocenters. The highest BCUT2D eigenvalue weighted by molar-refractivity contribution is 5.73. The first-order valence-electron chi connectivity index (χ1n) is 9.16. The molecule has 2 aliphatic rings. The normalized spacial score (nSPS) is 21.5. The van der Waals surface area contributed by atoms with Crippen molar-refractivity contribution in [3.63, 3.8) is 0 Å². The van der Waals surface area contributed by atoms with Crippen molar-refractivity contribution in [2.75, 3.05) is 13.1 Å². The van der Waals surface area contributed by atoms with Gasteiger partial charge >= 0.3 is 0 Å². The number of hydrogen-bond acceptors (Lipinski definition) is 4. The second-order valence-corrected chi connectivity index (χ2v) is 7.67. The molecule has 4 heterocycles. The molecule has 6 heteroatoms. The van der Waals surface area contributed by atoms with E-state index in [-0.39, 0.29) is 17.4 Å². The van der Waals surface area contributed by atoms with Gasteiger partial charge in [-0.25, -0.2) is 9.97 Å². The van der Waals surface area contributed by atoms with Crippen LogP contribution in [0.2, 0.25) is 0 Å². The molecular formula is C20H24N4O2. The van der Waals surface area contributed by atoms with Gasteiger partial charge in [0.1, 0.15) is 5.82 Å². The predicted octanol–water partition coefficient (Wildman–Crippen LogP) is 2.20. The van der Waals surface area contributed by atoms with E-state index in [2.05, 4.69) is 16.0 Å². The van der Waals surface area contributed by atoms with E-state index >= 15 is 0 Å². The number of aryl methyl sites for hydroxylation is 2. The highest BCUT2D eigenvalue weighted by atomic mass is 16.2. The Morgan fingerprint density at radius 1 is 1.12 bits per heavy atom. The van der Waals surface area contributed by atoms with E-state index in [1.165, 1.54) is 0 Å². The van der Waals surface area contributed by atoms with Crippen molar-refractivity contribution >= 4 is 5.91 Å². The maximum absolute atomic E-state index is 12.8. The van der Waals surface area contributed by atoms with Crippen LogP contribution in [0.15, 0.2) is 16.9 Å². The fourth-order valence-electron chi connectivity index (χ4n) is 4.40. The van der Waals surface area contributed by atoms with Crippen molar-refractivity contribution in [2.24, 2.45) is 5.92 Å². The Morgan fingerprint density at radius 2 is 1.88 bits per heavy atom. The molecule has 0 spiro atoms. The zero-order valence-electron chi connectivity index (χ0n) is 15.7. The van der Waals surface area contributed by atoms with E-state index < -0.39 is 0 Å². The zero-order valence-corrected chi connectivity index (χ0v) is 15.7. The van der Waals surface area contributed by atoms with Crippen LogP contribution >= 0.6 is 0 Å². The number of carbonyl (C=O) groups excluding carboxylic acids is 1. The third-order valence-corrected chi connectivity index (χ3v) is 5.78. The third kappa shape index (κ3) is 2.73. The highest BCUT2D eigenvalue weighted by Crippen LogP contribution is 2.36. The summed E-state index contributed by atoms with van der Waals surface area (Å²) in [5, 5.41) is 0. The summed E-state index contributed by atoms with van der Waals surface area (Å²) in [7, 11) is 0. The Labute approximate surface area is 152 Å². The van der Waals surface area contributed by atoms with Crippen LogP contribution in [0.25, 0.3) is 11.3 Å². The topological polar surface area (TPSA) is 68.1 Å². The molecule has 0 N–H and O–H groups in total. The molecule has 1 saturated heterocycles. The van der Waals surface area contributed by atoms with Gasteiger partial charge in [-0.1, -0.05) is 0 Å². The van der Waals surface area contributed by atoms with Gasteiger partial charge in [0.25, 0.3) is 5.56 Å². The first-order chi connectivity index (χ1) is 12.3. The van der Waals surface area contributed by atoms with E-state index in [9.17, 15) is 9.59 Å². The fraction of sp³-hybridized carbons (Fsp3) is 0.500. The molecule has 0 radical (unpaired) electrons. The van der Waals surface area contributed by atoms with Gasteiger partial charge in [0, 0.05) is 55.5 Å². The zero-order chi connectivity index (χ0) is 18.6. The molecule has 26 heavy (non-hydrogen) atoms. The van der Waals surface area contributed by atoms with Crippen molar-refractivity contribution in [3.05, 3.63) is 45.3 Å². The monoisotopic (exact) mass is 352 g/mol. The van der Waals surface area contributed by atoms with Crippen LogP contribution in [0.1, 0.15) is 42.0 Å². The number of nitrogens with zero attached hydrogens (tertiary/aromatic N) is 4. The lowest BCUT2D eigenvalue weighted by Crippen LogP contribution is -2.48. The van der Waals surface area contributed by atoms with Gasteiger partial charge < -0.3 is 9.47 Å². The van der Waals surface area contributed by atoms with Gasteiger partial charge in [0.2, 0.25) is 5.91 Å². The Hall–Kier alpha value is -2.50. The van der Waals surface area contributed by atoms with Crippen LogP contribution in [0.4, 0.5) is 0 Å². The first kappa shape index (κ1) is 16.9. The number of piperidine rings is 1.